The molecule has 2 saturated heterocycles. The van der Waals surface area contributed by atoms with Crippen molar-refractivity contribution in [1.29, 1.82) is 0 Å². The van der Waals surface area contributed by atoms with Crippen LogP contribution in [0.1, 0.15) is 75.2 Å². The van der Waals surface area contributed by atoms with Gasteiger partial charge in [-0.15, -0.1) is 0 Å². The van der Waals surface area contributed by atoms with Crippen molar-refractivity contribution in [3.63, 3.8) is 0 Å². The lowest BCUT2D eigenvalue weighted by Gasteiger charge is -2.38. The van der Waals surface area contributed by atoms with Gasteiger partial charge in [-0.3, -0.25) is 0 Å². The molecular formula is C25H48N2O6Si. The number of likely N-dealkylation sites (tertiary alicyclic amines) is 2. The Hall–Kier alpha value is -1.32. The summed E-state index contributed by atoms with van der Waals surface area (Å²) in [4.78, 5) is 28.8. The van der Waals surface area contributed by atoms with Crippen LogP contribution in [0, 0.1) is 0 Å². The second-order valence-electron chi connectivity index (χ2n) is 13.2. The molecular weight excluding hydrogens is 452 g/mol. The molecule has 8 nitrogen and oxygen atoms in total. The Morgan fingerprint density at radius 1 is 0.853 bits per heavy atom. The van der Waals surface area contributed by atoms with Crippen molar-refractivity contribution in [2.75, 3.05) is 26.2 Å². The average molecular weight is 501 g/mol. The van der Waals surface area contributed by atoms with Crippen molar-refractivity contribution in [1.82, 2.24) is 9.80 Å². The lowest BCUT2D eigenvalue weighted by atomic mass is 10.2. The van der Waals surface area contributed by atoms with Gasteiger partial charge in [0.1, 0.15) is 11.2 Å². The lowest BCUT2D eigenvalue weighted by Crippen LogP contribution is -2.45. The zero-order valence-corrected chi connectivity index (χ0v) is 24.3. The maximum absolute atomic E-state index is 13.0. The van der Waals surface area contributed by atoms with Crippen molar-refractivity contribution in [2.45, 2.75) is 123 Å². The van der Waals surface area contributed by atoms with Gasteiger partial charge in [0.2, 0.25) is 0 Å². The maximum Gasteiger partial charge on any atom is 0.410 e. The molecule has 0 aromatic heterocycles. The largest absolute Gasteiger partial charge is 0.444 e. The monoisotopic (exact) mass is 500 g/mol. The normalized spacial score (nSPS) is 24.5. The summed E-state index contributed by atoms with van der Waals surface area (Å²) in [6.45, 7) is 24.3. The van der Waals surface area contributed by atoms with Crippen LogP contribution in [-0.4, -0.2) is 86.0 Å². The van der Waals surface area contributed by atoms with Gasteiger partial charge in [-0.2, -0.15) is 0 Å². The van der Waals surface area contributed by atoms with E-state index < -0.39 is 19.5 Å². The van der Waals surface area contributed by atoms with Gasteiger partial charge in [0.05, 0.1) is 31.4 Å². The summed E-state index contributed by atoms with van der Waals surface area (Å²) in [6, 6.07) is -0.125. The second kappa shape index (κ2) is 10.3. The maximum atomic E-state index is 13.0. The van der Waals surface area contributed by atoms with Gasteiger partial charge in [-0.05, 0) is 72.5 Å². The van der Waals surface area contributed by atoms with E-state index in [4.69, 9.17) is 18.6 Å². The van der Waals surface area contributed by atoms with E-state index in [0.717, 1.165) is 6.42 Å². The van der Waals surface area contributed by atoms with E-state index in [1.54, 1.807) is 9.80 Å². The van der Waals surface area contributed by atoms with Gasteiger partial charge in [0, 0.05) is 13.1 Å². The molecule has 2 heterocycles. The van der Waals surface area contributed by atoms with E-state index in [1.165, 1.54) is 0 Å². The van der Waals surface area contributed by atoms with Crippen LogP contribution in [0.2, 0.25) is 18.1 Å². The molecule has 0 spiro atoms. The minimum Gasteiger partial charge on any atom is -0.444 e. The Bertz CT molecular complexity index is 722. The quantitative estimate of drug-likeness (QED) is 0.470. The fourth-order valence-electron chi connectivity index (χ4n) is 3.86. The van der Waals surface area contributed by atoms with Gasteiger partial charge in [-0.25, -0.2) is 9.59 Å². The molecule has 0 unspecified atom stereocenters. The van der Waals surface area contributed by atoms with Crippen LogP contribution in [0.3, 0.4) is 0 Å². The van der Waals surface area contributed by atoms with E-state index in [-0.39, 0.29) is 35.5 Å². The third-order valence-corrected chi connectivity index (χ3v) is 11.1. The number of rotatable bonds is 5. The molecule has 0 aliphatic carbocycles. The number of amides is 2. The zero-order valence-electron chi connectivity index (χ0n) is 23.3. The fourth-order valence-corrected chi connectivity index (χ4v) is 5.22. The van der Waals surface area contributed by atoms with Crippen molar-refractivity contribution in [3.05, 3.63) is 0 Å². The average Bonchev–Trinajstić information content (AvgIpc) is 3.22. The van der Waals surface area contributed by atoms with Crippen LogP contribution in [-0.2, 0) is 18.6 Å². The van der Waals surface area contributed by atoms with E-state index in [2.05, 4.69) is 33.9 Å². The van der Waals surface area contributed by atoms with Crippen LogP contribution < -0.4 is 0 Å². The molecule has 9 heteroatoms. The summed E-state index contributed by atoms with van der Waals surface area (Å²) in [5, 5.41) is 0.0906. The first-order chi connectivity index (χ1) is 15.3. The predicted octanol–water partition coefficient (Wildman–Crippen LogP) is 5.41. The summed E-state index contributed by atoms with van der Waals surface area (Å²) >= 11 is 0. The molecule has 0 radical (unpaired) electrons. The van der Waals surface area contributed by atoms with Crippen LogP contribution in [0.5, 0.6) is 0 Å². The molecule has 3 atom stereocenters. The first kappa shape index (κ1) is 28.9. The molecule has 0 N–H and O–H groups in total. The number of carbonyl (C=O) groups excluding carboxylic acids is 2. The van der Waals surface area contributed by atoms with Crippen LogP contribution in [0.4, 0.5) is 9.59 Å². The minimum atomic E-state index is -1.98. The summed E-state index contributed by atoms with van der Waals surface area (Å²) in [5.41, 5.74) is -1.09. The first-order valence-electron chi connectivity index (χ1n) is 12.5. The van der Waals surface area contributed by atoms with Crippen molar-refractivity contribution < 1.29 is 28.2 Å². The lowest BCUT2D eigenvalue weighted by molar-refractivity contribution is -0.00483. The number of carbonyl (C=O) groups is 2. The van der Waals surface area contributed by atoms with Gasteiger partial charge in [0.15, 0.2) is 8.32 Å². The number of nitrogens with zero attached hydrogens (tertiary/aromatic N) is 2. The molecule has 0 bridgehead atoms. The highest BCUT2D eigenvalue weighted by Crippen LogP contribution is 2.39. The van der Waals surface area contributed by atoms with Crippen molar-refractivity contribution >= 4 is 20.5 Å². The van der Waals surface area contributed by atoms with Gasteiger partial charge in [0.25, 0.3) is 0 Å². The Kier molecular flexibility index (Phi) is 8.80. The Labute approximate surface area is 207 Å². The van der Waals surface area contributed by atoms with E-state index in [9.17, 15) is 9.59 Å². The summed E-state index contributed by atoms with van der Waals surface area (Å²) < 4.78 is 24.0. The highest BCUT2D eigenvalue weighted by Gasteiger charge is 2.45. The number of hydrogen-bond acceptors (Lipinski definition) is 6. The molecule has 2 aliphatic rings. The van der Waals surface area contributed by atoms with Crippen molar-refractivity contribution in [3.8, 4) is 0 Å². The van der Waals surface area contributed by atoms with Gasteiger partial charge in [-0.1, -0.05) is 20.8 Å². The fraction of sp³-hybridized carbons (Fsp3) is 0.920. The molecule has 198 valence electrons. The zero-order chi connectivity index (χ0) is 26.1. The first-order valence-corrected chi connectivity index (χ1v) is 15.5. The molecule has 0 saturated carbocycles. The van der Waals surface area contributed by atoms with E-state index in [1.807, 2.05) is 41.5 Å². The van der Waals surface area contributed by atoms with Crippen molar-refractivity contribution in [2.24, 2.45) is 0 Å². The molecule has 0 aromatic carbocycles. The third kappa shape index (κ3) is 8.41. The summed E-state index contributed by atoms with van der Waals surface area (Å²) in [5.74, 6) is 0. The molecule has 2 fully saturated rings. The highest BCUT2D eigenvalue weighted by atomic mass is 28.4. The minimum absolute atomic E-state index is 0.0381. The van der Waals surface area contributed by atoms with Gasteiger partial charge >= 0.3 is 12.2 Å². The second-order valence-corrected chi connectivity index (χ2v) is 17.9. The topological polar surface area (TPSA) is 77.5 Å². The van der Waals surface area contributed by atoms with E-state index in [0.29, 0.717) is 32.7 Å². The van der Waals surface area contributed by atoms with E-state index >= 15 is 0 Å². The molecule has 2 aliphatic heterocycles. The third-order valence-electron chi connectivity index (χ3n) is 6.59. The van der Waals surface area contributed by atoms with Crippen LogP contribution >= 0.6 is 0 Å². The molecule has 0 aromatic rings. The standard InChI is InChI=1S/C25H48N2O6Si/c1-23(2,3)31-21(28)26-13-12-19(15-26)30-17-18-14-20(33-34(10,11)25(7,8)9)16-27(18)22(29)32-24(4,5)6/h18-20H,12-17H2,1-11H3/t18-,19+,20+/m0/s1. The molecule has 2 amide bonds. The molecule has 34 heavy (non-hydrogen) atoms. The Morgan fingerprint density at radius 2 is 1.41 bits per heavy atom. The van der Waals surface area contributed by atoms with Gasteiger partial charge < -0.3 is 28.4 Å². The number of ether oxygens (including phenoxy) is 3. The summed E-state index contributed by atoms with van der Waals surface area (Å²) in [6.07, 6.45) is 0.718. The summed E-state index contributed by atoms with van der Waals surface area (Å²) in [7, 11) is -1.98. The Morgan fingerprint density at radius 3 is 1.94 bits per heavy atom. The van der Waals surface area contributed by atoms with Crippen LogP contribution in [0.15, 0.2) is 0 Å². The smallest absolute Gasteiger partial charge is 0.410 e. The predicted molar refractivity (Wildman–Crippen MR) is 136 cm³/mol. The SMILES string of the molecule is CC(C)(C)OC(=O)N1CC[C@@H](OC[C@@H]2C[C@@H](O[Si](C)(C)C(C)(C)C)CN2C(=O)OC(C)(C)C)C1. The van der Waals surface area contributed by atoms with Crippen LogP contribution in [0.25, 0.3) is 0 Å². The highest BCUT2D eigenvalue weighted by molar-refractivity contribution is 6.74. The Balaban J connectivity index is 2.01. The molecule has 2 rings (SSSR count). The number of hydrogen-bond donors (Lipinski definition) is 0.